The minimum atomic E-state index is -0.440. The first-order valence-corrected chi connectivity index (χ1v) is 5.50. The lowest BCUT2D eigenvalue weighted by Gasteiger charge is -2.23. The highest BCUT2D eigenvalue weighted by molar-refractivity contribution is 6.30. The van der Waals surface area contributed by atoms with Gasteiger partial charge in [0.15, 0.2) is 0 Å². The molecule has 0 N–H and O–H groups in total. The number of halogens is 1. The zero-order valence-electron chi connectivity index (χ0n) is 8.63. The van der Waals surface area contributed by atoms with E-state index in [1.54, 1.807) is 0 Å². The van der Waals surface area contributed by atoms with Gasteiger partial charge in [0, 0.05) is 11.4 Å². The van der Waals surface area contributed by atoms with Gasteiger partial charge in [0.05, 0.1) is 12.0 Å². The van der Waals surface area contributed by atoms with Crippen molar-refractivity contribution in [2.45, 2.75) is 25.2 Å². The third-order valence-electron chi connectivity index (χ3n) is 3.15. The second-order valence-corrected chi connectivity index (χ2v) is 4.26. The number of ether oxygens (including phenoxy) is 1. The van der Waals surface area contributed by atoms with Crippen LogP contribution in [0.5, 0.6) is 0 Å². The van der Waals surface area contributed by atoms with Crippen LogP contribution in [0.15, 0.2) is 24.3 Å². The Bertz CT molecular complexity index is 372. The molecule has 1 aromatic carbocycles. The standard InChI is InChI=1S/C12H13ClO2/c1-2-12(7-8-15-11(12)14)9-3-5-10(13)6-4-9/h3-6H,2,7-8H2,1H3. The topological polar surface area (TPSA) is 26.3 Å². The van der Waals surface area contributed by atoms with Gasteiger partial charge < -0.3 is 4.74 Å². The van der Waals surface area contributed by atoms with Crippen LogP contribution < -0.4 is 0 Å². The van der Waals surface area contributed by atoms with E-state index in [1.165, 1.54) is 0 Å². The van der Waals surface area contributed by atoms with E-state index >= 15 is 0 Å². The van der Waals surface area contributed by atoms with Gasteiger partial charge in [-0.05, 0) is 24.1 Å². The lowest BCUT2D eigenvalue weighted by atomic mass is 9.77. The van der Waals surface area contributed by atoms with Crippen LogP contribution in [0, 0.1) is 0 Å². The Morgan fingerprint density at radius 1 is 1.40 bits per heavy atom. The molecule has 80 valence electrons. The van der Waals surface area contributed by atoms with Crippen molar-refractivity contribution in [3.63, 3.8) is 0 Å². The Kier molecular flexibility index (Phi) is 2.70. The molecule has 0 aromatic heterocycles. The smallest absolute Gasteiger partial charge is 0.316 e. The number of carbonyl (C=O) groups is 1. The summed E-state index contributed by atoms with van der Waals surface area (Å²) >= 11 is 5.83. The van der Waals surface area contributed by atoms with Crippen molar-refractivity contribution in [1.82, 2.24) is 0 Å². The van der Waals surface area contributed by atoms with E-state index in [9.17, 15) is 4.79 Å². The van der Waals surface area contributed by atoms with Gasteiger partial charge in [-0.25, -0.2) is 0 Å². The minimum Gasteiger partial charge on any atom is -0.465 e. The normalized spacial score (nSPS) is 25.3. The molecular weight excluding hydrogens is 212 g/mol. The molecule has 0 saturated carbocycles. The average molecular weight is 225 g/mol. The fourth-order valence-corrected chi connectivity index (χ4v) is 2.24. The maximum Gasteiger partial charge on any atom is 0.316 e. The van der Waals surface area contributed by atoms with Crippen LogP contribution >= 0.6 is 11.6 Å². The maximum atomic E-state index is 11.8. The Hall–Kier alpha value is -1.02. The third-order valence-corrected chi connectivity index (χ3v) is 3.41. The van der Waals surface area contributed by atoms with Gasteiger partial charge in [0.2, 0.25) is 0 Å². The molecule has 15 heavy (non-hydrogen) atoms. The van der Waals surface area contributed by atoms with E-state index in [0.717, 1.165) is 18.4 Å². The van der Waals surface area contributed by atoms with Gasteiger partial charge in [0.25, 0.3) is 0 Å². The van der Waals surface area contributed by atoms with Crippen molar-refractivity contribution < 1.29 is 9.53 Å². The number of hydrogen-bond donors (Lipinski definition) is 0. The average Bonchev–Trinajstić information content (AvgIpc) is 2.62. The van der Waals surface area contributed by atoms with Gasteiger partial charge in [-0.15, -0.1) is 0 Å². The molecule has 3 heteroatoms. The summed E-state index contributed by atoms with van der Waals surface area (Å²) in [5.74, 6) is -0.104. The zero-order valence-corrected chi connectivity index (χ0v) is 9.38. The SMILES string of the molecule is CCC1(c2ccc(Cl)cc2)CCOC1=O. The summed E-state index contributed by atoms with van der Waals surface area (Å²) in [5, 5.41) is 0.691. The number of carbonyl (C=O) groups excluding carboxylic acids is 1. The first kappa shape index (κ1) is 10.5. The molecule has 0 aliphatic carbocycles. The molecular formula is C12H13ClO2. The van der Waals surface area contributed by atoms with Gasteiger partial charge in [0.1, 0.15) is 0 Å². The Labute approximate surface area is 94.2 Å². The van der Waals surface area contributed by atoms with Crippen LogP contribution in [0.3, 0.4) is 0 Å². The van der Waals surface area contributed by atoms with E-state index in [4.69, 9.17) is 16.3 Å². The predicted molar refractivity (Wildman–Crippen MR) is 59.0 cm³/mol. The zero-order chi connectivity index (χ0) is 10.9. The predicted octanol–water partition coefficient (Wildman–Crippen LogP) is 2.93. The molecule has 1 aliphatic rings. The molecule has 1 atom stereocenters. The highest BCUT2D eigenvalue weighted by Crippen LogP contribution is 2.37. The van der Waals surface area contributed by atoms with Crippen LogP contribution in [0.2, 0.25) is 5.02 Å². The maximum absolute atomic E-state index is 11.8. The van der Waals surface area contributed by atoms with Crippen LogP contribution in [-0.4, -0.2) is 12.6 Å². The van der Waals surface area contributed by atoms with E-state index < -0.39 is 5.41 Å². The molecule has 1 heterocycles. The highest BCUT2D eigenvalue weighted by Gasteiger charge is 2.44. The van der Waals surface area contributed by atoms with Crippen LogP contribution in [0.1, 0.15) is 25.3 Å². The summed E-state index contributed by atoms with van der Waals surface area (Å²) in [4.78, 5) is 11.8. The summed E-state index contributed by atoms with van der Waals surface area (Å²) in [6.45, 7) is 2.54. The minimum absolute atomic E-state index is 0.104. The molecule has 1 aliphatic heterocycles. The molecule has 2 nitrogen and oxygen atoms in total. The summed E-state index contributed by atoms with van der Waals surface area (Å²) in [6, 6.07) is 7.47. The van der Waals surface area contributed by atoms with Crippen molar-refractivity contribution in [2.24, 2.45) is 0 Å². The lowest BCUT2D eigenvalue weighted by molar-refractivity contribution is -0.142. The fourth-order valence-electron chi connectivity index (χ4n) is 2.11. The van der Waals surface area contributed by atoms with Crippen LogP contribution in [0.4, 0.5) is 0 Å². The Balaban J connectivity index is 2.42. The van der Waals surface area contributed by atoms with E-state index in [0.29, 0.717) is 11.6 Å². The van der Waals surface area contributed by atoms with Gasteiger partial charge in [-0.1, -0.05) is 30.7 Å². The number of cyclic esters (lactones) is 1. The molecule has 1 fully saturated rings. The molecule has 0 spiro atoms. The Morgan fingerprint density at radius 3 is 2.53 bits per heavy atom. The molecule has 1 saturated heterocycles. The first-order chi connectivity index (χ1) is 7.19. The molecule has 0 radical (unpaired) electrons. The third kappa shape index (κ3) is 1.63. The second-order valence-electron chi connectivity index (χ2n) is 3.83. The molecule has 0 bridgehead atoms. The summed E-state index contributed by atoms with van der Waals surface area (Å²) in [5.41, 5.74) is 0.571. The van der Waals surface area contributed by atoms with Crippen molar-refractivity contribution in [3.05, 3.63) is 34.9 Å². The Morgan fingerprint density at radius 2 is 2.07 bits per heavy atom. The summed E-state index contributed by atoms with van der Waals surface area (Å²) < 4.78 is 5.07. The van der Waals surface area contributed by atoms with E-state index in [1.807, 2.05) is 31.2 Å². The van der Waals surface area contributed by atoms with Crippen molar-refractivity contribution in [2.75, 3.05) is 6.61 Å². The van der Waals surface area contributed by atoms with Gasteiger partial charge in [-0.3, -0.25) is 4.79 Å². The van der Waals surface area contributed by atoms with Gasteiger partial charge >= 0.3 is 5.97 Å². The van der Waals surface area contributed by atoms with Crippen LogP contribution in [-0.2, 0) is 14.9 Å². The lowest BCUT2D eigenvalue weighted by Crippen LogP contribution is -2.30. The highest BCUT2D eigenvalue weighted by atomic mass is 35.5. The van der Waals surface area contributed by atoms with E-state index in [2.05, 4.69) is 0 Å². The largest absolute Gasteiger partial charge is 0.465 e. The van der Waals surface area contributed by atoms with Crippen molar-refractivity contribution in [1.29, 1.82) is 0 Å². The molecule has 2 rings (SSSR count). The van der Waals surface area contributed by atoms with Crippen LogP contribution in [0.25, 0.3) is 0 Å². The number of rotatable bonds is 2. The summed E-state index contributed by atoms with van der Waals surface area (Å²) in [6.07, 6.45) is 1.54. The monoisotopic (exact) mass is 224 g/mol. The van der Waals surface area contributed by atoms with Crippen molar-refractivity contribution in [3.8, 4) is 0 Å². The molecule has 0 amide bonds. The number of benzene rings is 1. The van der Waals surface area contributed by atoms with Gasteiger partial charge in [-0.2, -0.15) is 0 Å². The second kappa shape index (κ2) is 3.86. The van der Waals surface area contributed by atoms with Crippen molar-refractivity contribution >= 4 is 17.6 Å². The number of esters is 1. The fraction of sp³-hybridized carbons (Fsp3) is 0.417. The quantitative estimate of drug-likeness (QED) is 0.722. The summed E-state index contributed by atoms with van der Waals surface area (Å²) in [7, 11) is 0. The van der Waals surface area contributed by atoms with E-state index in [-0.39, 0.29) is 5.97 Å². The molecule has 1 unspecified atom stereocenters. The number of hydrogen-bond acceptors (Lipinski definition) is 2. The molecule has 1 aromatic rings. The first-order valence-electron chi connectivity index (χ1n) is 5.12.